The van der Waals surface area contributed by atoms with Crippen molar-refractivity contribution in [1.29, 1.82) is 0 Å². The van der Waals surface area contributed by atoms with Crippen molar-refractivity contribution in [2.45, 2.75) is 58.2 Å². The second-order valence-electron chi connectivity index (χ2n) is 7.27. The van der Waals surface area contributed by atoms with Crippen molar-refractivity contribution in [2.75, 3.05) is 0 Å². The second-order valence-corrected chi connectivity index (χ2v) is 7.27. The van der Waals surface area contributed by atoms with E-state index in [2.05, 4.69) is 5.10 Å². The number of hydrogen-bond acceptors (Lipinski definition) is 3. The number of rotatable bonds is 6. The number of carbonyl (C=O) groups excluding carboxylic acids is 1. The topological polar surface area (TPSA) is 44.1 Å². The molecule has 0 aliphatic heterocycles. The van der Waals surface area contributed by atoms with Crippen molar-refractivity contribution in [3.63, 3.8) is 0 Å². The van der Waals surface area contributed by atoms with Gasteiger partial charge in [-0.15, -0.1) is 0 Å². The molecule has 0 amide bonds. The first kappa shape index (κ1) is 21.0. The van der Waals surface area contributed by atoms with E-state index in [1.807, 2.05) is 13.8 Å². The van der Waals surface area contributed by atoms with Gasteiger partial charge in [-0.05, 0) is 31.4 Å². The largest absolute Gasteiger partial charge is 0.452 e. The molecule has 1 unspecified atom stereocenters. The average molecular weight is 382 g/mol. The highest BCUT2D eigenvalue weighted by atomic mass is 19.4. The molecule has 2 aromatic rings. The molecular weight excluding hydrogens is 357 g/mol. The van der Waals surface area contributed by atoms with Crippen LogP contribution in [-0.4, -0.2) is 28.0 Å². The molecular formula is C20H25F3N2O2. The quantitative estimate of drug-likeness (QED) is 0.695. The molecule has 0 aliphatic carbocycles. The van der Waals surface area contributed by atoms with Crippen molar-refractivity contribution in [1.82, 2.24) is 9.78 Å². The lowest BCUT2D eigenvalue weighted by Gasteiger charge is -2.35. The van der Waals surface area contributed by atoms with Gasteiger partial charge < -0.3 is 4.74 Å². The van der Waals surface area contributed by atoms with Gasteiger partial charge in [0.05, 0.1) is 5.69 Å². The molecule has 7 heteroatoms. The van der Waals surface area contributed by atoms with E-state index in [0.29, 0.717) is 12.0 Å². The van der Waals surface area contributed by atoms with Crippen LogP contribution in [0.2, 0.25) is 0 Å². The summed E-state index contributed by atoms with van der Waals surface area (Å²) in [7, 11) is 1.78. The van der Waals surface area contributed by atoms with Gasteiger partial charge in [-0.2, -0.15) is 18.3 Å². The molecule has 4 nitrogen and oxygen atoms in total. The number of aromatic nitrogens is 2. The molecule has 1 aromatic carbocycles. The van der Waals surface area contributed by atoms with Gasteiger partial charge >= 0.3 is 12.1 Å². The van der Waals surface area contributed by atoms with E-state index in [1.165, 1.54) is 13.8 Å². The standard InChI is InChI=1S/C20H25F3N2O2/c1-13-16(14(2)25(5)24-13)11-12-17(26)27-18(20(21,22)23)19(3,4)15-9-7-6-8-10-15/h6-10,18H,11-12H2,1-5H3. The molecule has 0 spiro atoms. The van der Waals surface area contributed by atoms with Gasteiger partial charge in [-0.25, -0.2) is 0 Å². The summed E-state index contributed by atoms with van der Waals surface area (Å²) in [5, 5.41) is 4.25. The maximum absolute atomic E-state index is 13.7. The van der Waals surface area contributed by atoms with Gasteiger partial charge in [0, 0.05) is 24.6 Å². The normalized spacial score (nSPS) is 13.5. The minimum absolute atomic E-state index is 0.134. The number of benzene rings is 1. The van der Waals surface area contributed by atoms with E-state index in [4.69, 9.17) is 4.74 Å². The smallest absolute Gasteiger partial charge is 0.426 e. The molecule has 1 heterocycles. The molecule has 1 aromatic heterocycles. The number of nitrogens with zero attached hydrogens (tertiary/aromatic N) is 2. The number of esters is 1. The first-order chi connectivity index (χ1) is 12.4. The zero-order valence-electron chi connectivity index (χ0n) is 16.2. The molecule has 0 N–H and O–H groups in total. The lowest BCUT2D eigenvalue weighted by atomic mass is 9.79. The molecule has 0 radical (unpaired) electrons. The second kappa shape index (κ2) is 7.74. The summed E-state index contributed by atoms with van der Waals surface area (Å²) in [6, 6.07) is 8.28. The summed E-state index contributed by atoms with van der Waals surface area (Å²) in [5.41, 5.74) is 1.56. The first-order valence-electron chi connectivity index (χ1n) is 8.75. The summed E-state index contributed by atoms with van der Waals surface area (Å²) in [6.07, 6.45) is -6.74. The highest BCUT2D eigenvalue weighted by Crippen LogP contribution is 2.39. The average Bonchev–Trinajstić information content (AvgIpc) is 2.82. The van der Waals surface area contributed by atoms with E-state index in [9.17, 15) is 18.0 Å². The van der Waals surface area contributed by atoms with E-state index in [-0.39, 0.29) is 6.42 Å². The molecule has 0 bridgehead atoms. The minimum Gasteiger partial charge on any atom is -0.452 e. The Kier molecular flexibility index (Phi) is 6.02. The van der Waals surface area contributed by atoms with Gasteiger partial charge in [0.2, 0.25) is 6.10 Å². The fourth-order valence-electron chi connectivity index (χ4n) is 3.24. The van der Waals surface area contributed by atoms with Crippen molar-refractivity contribution in [3.05, 3.63) is 52.8 Å². The van der Waals surface area contributed by atoms with Crippen LogP contribution in [0.3, 0.4) is 0 Å². The number of hydrogen-bond donors (Lipinski definition) is 0. The number of alkyl halides is 3. The minimum atomic E-state index is -4.67. The maximum Gasteiger partial charge on any atom is 0.426 e. The summed E-state index contributed by atoms with van der Waals surface area (Å²) >= 11 is 0. The third kappa shape index (κ3) is 4.70. The van der Waals surface area contributed by atoms with Gasteiger partial charge in [0.25, 0.3) is 0 Å². The Hall–Kier alpha value is -2.31. The van der Waals surface area contributed by atoms with Crippen LogP contribution in [0.5, 0.6) is 0 Å². The summed E-state index contributed by atoms with van der Waals surface area (Å²) in [6.45, 7) is 6.54. The number of halogens is 3. The third-order valence-electron chi connectivity index (χ3n) is 4.96. The van der Waals surface area contributed by atoms with Gasteiger partial charge in [-0.3, -0.25) is 9.48 Å². The Labute approximate surface area is 157 Å². The van der Waals surface area contributed by atoms with Crippen LogP contribution in [-0.2, 0) is 28.4 Å². The van der Waals surface area contributed by atoms with E-state index < -0.39 is 23.7 Å². The third-order valence-corrected chi connectivity index (χ3v) is 4.96. The van der Waals surface area contributed by atoms with Gasteiger partial charge in [0.1, 0.15) is 0 Å². The van der Waals surface area contributed by atoms with Crippen molar-refractivity contribution >= 4 is 5.97 Å². The lowest BCUT2D eigenvalue weighted by molar-refractivity contribution is -0.236. The summed E-state index contributed by atoms with van der Waals surface area (Å²) < 4.78 is 47.6. The van der Waals surface area contributed by atoms with E-state index >= 15 is 0 Å². The summed E-state index contributed by atoms with van der Waals surface area (Å²) in [5.74, 6) is -0.871. The monoisotopic (exact) mass is 382 g/mol. The van der Waals surface area contributed by atoms with Crippen molar-refractivity contribution in [3.8, 4) is 0 Å². The van der Waals surface area contributed by atoms with Crippen LogP contribution >= 0.6 is 0 Å². The van der Waals surface area contributed by atoms with E-state index in [0.717, 1.165) is 17.0 Å². The molecule has 0 saturated carbocycles. The predicted octanol–water partition coefficient (Wildman–Crippen LogP) is 4.42. The lowest BCUT2D eigenvalue weighted by Crippen LogP contribution is -2.47. The summed E-state index contributed by atoms with van der Waals surface area (Å²) in [4.78, 5) is 12.2. The highest BCUT2D eigenvalue weighted by molar-refractivity contribution is 5.70. The molecule has 0 fully saturated rings. The molecule has 1 atom stereocenters. The van der Waals surface area contributed by atoms with Crippen LogP contribution in [0.25, 0.3) is 0 Å². The fraction of sp³-hybridized carbons (Fsp3) is 0.500. The molecule has 0 aliphatic rings. The van der Waals surface area contributed by atoms with Crippen molar-refractivity contribution in [2.24, 2.45) is 7.05 Å². The SMILES string of the molecule is Cc1nn(C)c(C)c1CCC(=O)OC(C(F)(F)F)C(C)(C)c1ccccc1. The van der Waals surface area contributed by atoms with Gasteiger partial charge in [0.15, 0.2) is 0 Å². The van der Waals surface area contributed by atoms with Crippen LogP contribution in [0.4, 0.5) is 13.2 Å². The number of aryl methyl sites for hydroxylation is 2. The highest BCUT2D eigenvalue weighted by Gasteiger charge is 2.52. The Morgan fingerprint density at radius 3 is 2.26 bits per heavy atom. The van der Waals surface area contributed by atoms with Crippen LogP contribution < -0.4 is 0 Å². The van der Waals surface area contributed by atoms with Crippen LogP contribution in [0.1, 0.15) is 42.8 Å². The Balaban J connectivity index is 2.15. The molecule has 2 rings (SSSR count). The number of ether oxygens (including phenoxy) is 1. The van der Waals surface area contributed by atoms with E-state index in [1.54, 1.807) is 42.1 Å². The Morgan fingerprint density at radius 2 is 1.78 bits per heavy atom. The fourth-order valence-corrected chi connectivity index (χ4v) is 3.24. The van der Waals surface area contributed by atoms with Crippen LogP contribution in [0.15, 0.2) is 30.3 Å². The molecule has 148 valence electrons. The zero-order chi connectivity index (χ0) is 20.4. The molecule has 0 saturated heterocycles. The number of carbonyl (C=O) groups is 1. The van der Waals surface area contributed by atoms with Crippen LogP contribution in [0, 0.1) is 13.8 Å². The Bertz CT molecular complexity index is 796. The molecule has 27 heavy (non-hydrogen) atoms. The maximum atomic E-state index is 13.7. The van der Waals surface area contributed by atoms with Crippen molar-refractivity contribution < 1.29 is 22.7 Å². The first-order valence-corrected chi connectivity index (χ1v) is 8.75. The Morgan fingerprint density at radius 1 is 1.19 bits per heavy atom. The zero-order valence-corrected chi connectivity index (χ0v) is 16.2. The van der Waals surface area contributed by atoms with Gasteiger partial charge in [-0.1, -0.05) is 44.2 Å². The predicted molar refractivity (Wildman–Crippen MR) is 96.4 cm³/mol.